The largest absolute Gasteiger partial charge is 0.350 e. The Hall–Kier alpha value is -0.720. The molecule has 0 bridgehead atoms. The van der Waals surface area contributed by atoms with Crippen LogP contribution in [0.4, 0.5) is 5.82 Å². The normalized spacial score (nSPS) is 22.7. The Morgan fingerprint density at radius 3 is 2.94 bits per heavy atom. The van der Waals surface area contributed by atoms with Crippen LogP contribution in [0.5, 0.6) is 0 Å². The molecule has 6 heteroatoms. The molecule has 0 radical (unpaired) electrons. The van der Waals surface area contributed by atoms with Gasteiger partial charge in [-0.25, -0.2) is 9.97 Å². The van der Waals surface area contributed by atoms with Gasteiger partial charge in [-0.1, -0.05) is 0 Å². The van der Waals surface area contributed by atoms with E-state index < -0.39 is 5.79 Å². The van der Waals surface area contributed by atoms with Gasteiger partial charge in [-0.05, 0) is 29.3 Å². The summed E-state index contributed by atoms with van der Waals surface area (Å²) in [4.78, 5) is 10.9. The number of aryl methyl sites for hydroxylation is 1. The molecule has 2 saturated heterocycles. The summed E-state index contributed by atoms with van der Waals surface area (Å²) in [5.41, 5.74) is 0. The molecule has 2 fully saturated rings. The van der Waals surface area contributed by atoms with Gasteiger partial charge >= 0.3 is 0 Å². The van der Waals surface area contributed by atoms with Crippen molar-refractivity contribution < 1.29 is 9.47 Å². The van der Waals surface area contributed by atoms with Crippen LogP contribution in [0.3, 0.4) is 0 Å². The van der Waals surface area contributed by atoms with E-state index in [0.29, 0.717) is 13.2 Å². The number of rotatable bonds is 1. The number of nitrogens with zero attached hydrogens (tertiary/aromatic N) is 3. The summed E-state index contributed by atoms with van der Waals surface area (Å²) in [7, 11) is 0. The highest BCUT2D eigenvalue weighted by Gasteiger charge is 2.41. The Balaban J connectivity index is 1.85. The van der Waals surface area contributed by atoms with Crippen LogP contribution in [0.25, 0.3) is 0 Å². The summed E-state index contributed by atoms with van der Waals surface area (Å²) < 4.78 is 12.5. The third kappa shape index (κ3) is 2.24. The predicted molar refractivity (Wildman–Crippen MR) is 70.6 cm³/mol. The topological polar surface area (TPSA) is 47.5 Å². The maximum Gasteiger partial charge on any atom is 0.186 e. The van der Waals surface area contributed by atoms with Crippen LogP contribution in [-0.4, -0.2) is 42.1 Å². The van der Waals surface area contributed by atoms with Crippen molar-refractivity contribution >= 4 is 21.7 Å². The highest BCUT2D eigenvalue weighted by atomic mass is 79.9. The summed E-state index contributed by atoms with van der Waals surface area (Å²) >= 11 is 3.51. The molecule has 0 saturated carbocycles. The van der Waals surface area contributed by atoms with Gasteiger partial charge in [0.1, 0.15) is 11.6 Å². The molecule has 0 aliphatic carbocycles. The van der Waals surface area contributed by atoms with Crippen molar-refractivity contribution in [2.24, 2.45) is 0 Å². The predicted octanol–water partition coefficient (Wildman–Crippen LogP) is 1.89. The van der Waals surface area contributed by atoms with Gasteiger partial charge in [-0.15, -0.1) is 0 Å². The molecule has 3 rings (SSSR count). The fourth-order valence-electron chi connectivity index (χ4n) is 2.57. The number of hydrogen-bond acceptors (Lipinski definition) is 5. The van der Waals surface area contributed by atoms with Gasteiger partial charge in [0.15, 0.2) is 5.79 Å². The van der Waals surface area contributed by atoms with Crippen LogP contribution in [0.15, 0.2) is 10.7 Å². The van der Waals surface area contributed by atoms with Gasteiger partial charge in [0.25, 0.3) is 0 Å². The second-order valence-corrected chi connectivity index (χ2v) is 5.58. The van der Waals surface area contributed by atoms with Crippen molar-refractivity contribution in [3.8, 4) is 0 Å². The Morgan fingerprint density at radius 2 is 2.17 bits per heavy atom. The molecule has 2 aliphatic heterocycles. The second kappa shape index (κ2) is 4.75. The van der Waals surface area contributed by atoms with Gasteiger partial charge in [-0.3, -0.25) is 0 Å². The second-order valence-electron chi connectivity index (χ2n) is 4.72. The molecular weight excluding hydrogens is 298 g/mol. The van der Waals surface area contributed by atoms with Crippen LogP contribution in [0.1, 0.15) is 18.7 Å². The number of piperidine rings is 1. The molecule has 2 aliphatic rings. The molecule has 0 amide bonds. The minimum absolute atomic E-state index is 0.420. The van der Waals surface area contributed by atoms with Gasteiger partial charge < -0.3 is 14.4 Å². The lowest BCUT2D eigenvalue weighted by atomic mass is 10.0. The van der Waals surface area contributed by atoms with E-state index in [1.807, 2.05) is 6.92 Å². The molecule has 3 heterocycles. The highest BCUT2D eigenvalue weighted by Crippen LogP contribution is 2.34. The van der Waals surface area contributed by atoms with Crippen LogP contribution >= 0.6 is 15.9 Å². The summed E-state index contributed by atoms with van der Waals surface area (Å²) in [6.45, 7) is 5.00. The number of halogens is 1. The number of ether oxygens (including phenoxy) is 2. The average Bonchev–Trinajstić information content (AvgIpc) is 2.80. The van der Waals surface area contributed by atoms with Crippen LogP contribution in [0, 0.1) is 6.92 Å². The molecule has 1 aromatic rings. The lowest BCUT2D eigenvalue weighted by Gasteiger charge is -2.39. The van der Waals surface area contributed by atoms with Crippen LogP contribution < -0.4 is 4.90 Å². The van der Waals surface area contributed by atoms with Crippen molar-refractivity contribution in [2.45, 2.75) is 25.6 Å². The number of hydrogen-bond donors (Lipinski definition) is 0. The van der Waals surface area contributed by atoms with Gasteiger partial charge in [0.05, 0.1) is 24.2 Å². The smallest absolute Gasteiger partial charge is 0.186 e. The van der Waals surface area contributed by atoms with Crippen molar-refractivity contribution in [2.75, 3.05) is 31.2 Å². The lowest BCUT2D eigenvalue weighted by Crippen LogP contribution is -2.49. The first-order valence-electron chi connectivity index (χ1n) is 6.21. The Labute approximate surface area is 115 Å². The SMILES string of the molecule is Cc1ncc(Br)c(N2CCCC3(C2)OCCO3)n1. The Kier molecular flexibility index (Phi) is 3.25. The van der Waals surface area contributed by atoms with E-state index in [1.54, 1.807) is 6.20 Å². The van der Waals surface area contributed by atoms with Gasteiger partial charge in [-0.2, -0.15) is 0 Å². The van der Waals surface area contributed by atoms with Gasteiger partial charge in [0.2, 0.25) is 0 Å². The van der Waals surface area contributed by atoms with Crippen LogP contribution in [0.2, 0.25) is 0 Å². The van der Waals surface area contributed by atoms with Crippen molar-refractivity contribution in [3.63, 3.8) is 0 Å². The molecule has 0 N–H and O–H groups in total. The zero-order valence-electron chi connectivity index (χ0n) is 10.4. The first-order chi connectivity index (χ1) is 8.69. The fourth-order valence-corrected chi connectivity index (χ4v) is 3.01. The van der Waals surface area contributed by atoms with Gasteiger partial charge in [0, 0.05) is 19.2 Å². The Morgan fingerprint density at radius 1 is 1.39 bits per heavy atom. The molecule has 0 unspecified atom stereocenters. The first-order valence-corrected chi connectivity index (χ1v) is 7.00. The van der Waals surface area contributed by atoms with Crippen molar-refractivity contribution in [3.05, 3.63) is 16.5 Å². The summed E-state index contributed by atoms with van der Waals surface area (Å²) in [6.07, 6.45) is 3.82. The van der Waals surface area contributed by atoms with Crippen molar-refractivity contribution in [1.82, 2.24) is 9.97 Å². The monoisotopic (exact) mass is 313 g/mol. The summed E-state index contributed by atoms with van der Waals surface area (Å²) in [5.74, 6) is 1.29. The van der Waals surface area contributed by atoms with E-state index >= 15 is 0 Å². The molecule has 1 spiro atoms. The molecule has 18 heavy (non-hydrogen) atoms. The molecular formula is C12H16BrN3O2. The average molecular weight is 314 g/mol. The zero-order valence-corrected chi connectivity index (χ0v) is 11.9. The minimum atomic E-state index is -0.420. The van der Waals surface area contributed by atoms with E-state index in [2.05, 4.69) is 30.8 Å². The molecule has 5 nitrogen and oxygen atoms in total. The molecule has 0 atom stereocenters. The maximum atomic E-state index is 5.78. The first kappa shape index (κ1) is 12.3. The standard InChI is InChI=1S/C12H16BrN3O2/c1-9-14-7-10(13)11(15-9)16-4-2-3-12(8-16)17-5-6-18-12/h7H,2-6,8H2,1H3. The summed E-state index contributed by atoms with van der Waals surface area (Å²) in [5, 5.41) is 0. The maximum absolute atomic E-state index is 5.78. The van der Waals surface area contributed by atoms with E-state index in [4.69, 9.17) is 9.47 Å². The van der Waals surface area contributed by atoms with Crippen molar-refractivity contribution in [1.29, 1.82) is 0 Å². The van der Waals surface area contributed by atoms with E-state index in [-0.39, 0.29) is 0 Å². The molecule has 0 aromatic carbocycles. The Bertz CT molecular complexity index is 449. The summed E-state index contributed by atoms with van der Waals surface area (Å²) in [6, 6.07) is 0. The molecule has 98 valence electrons. The third-order valence-corrected chi connectivity index (χ3v) is 3.94. The quantitative estimate of drug-likeness (QED) is 0.792. The third-order valence-electron chi connectivity index (χ3n) is 3.38. The van der Waals surface area contributed by atoms with Crippen LogP contribution in [-0.2, 0) is 9.47 Å². The van der Waals surface area contributed by atoms with E-state index in [0.717, 1.165) is 42.0 Å². The lowest BCUT2D eigenvalue weighted by molar-refractivity contribution is -0.161. The fraction of sp³-hybridized carbons (Fsp3) is 0.667. The van der Waals surface area contributed by atoms with E-state index in [9.17, 15) is 0 Å². The minimum Gasteiger partial charge on any atom is -0.350 e. The zero-order chi connectivity index (χ0) is 12.6. The highest BCUT2D eigenvalue weighted by molar-refractivity contribution is 9.10. The van der Waals surface area contributed by atoms with E-state index in [1.165, 1.54) is 0 Å². The molecule has 1 aromatic heterocycles. The number of aromatic nitrogens is 2. The number of anilines is 1.